The molecule has 1 aliphatic rings. The third kappa shape index (κ3) is 28.4. The van der Waals surface area contributed by atoms with Crippen molar-refractivity contribution >= 4 is 19.8 Å². The molecule has 0 aromatic heterocycles. The molecule has 9 atom stereocenters. The van der Waals surface area contributed by atoms with Crippen LogP contribution in [0.1, 0.15) is 123 Å². The summed E-state index contributed by atoms with van der Waals surface area (Å²) in [5.41, 5.74) is 0. The molecule has 0 radical (unpaired) electrons. The van der Waals surface area contributed by atoms with Gasteiger partial charge in [0.2, 0.25) is 0 Å². The third-order valence-corrected chi connectivity index (χ3v) is 10.5. The van der Waals surface area contributed by atoms with E-state index in [0.717, 1.165) is 70.6 Å². The molecule has 62 heavy (non-hydrogen) atoms. The van der Waals surface area contributed by atoms with E-state index >= 15 is 0 Å². The first kappa shape index (κ1) is 56.7. The molecular weight excluding hydrogens is 819 g/mol. The summed E-state index contributed by atoms with van der Waals surface area (Å²) >= 11 is 0. The van der Waals surface area contributed by atoms with Crippen LogP contribution in [-0.2, 0) is 32.7 Å². The minimum absolute atomic E-state index is 0.0173. The Morgan fingerprint density at radius 1 is 0.597 bits per heavy atom. The number of phosphoric acid groups is 1. The molecule has 0 heterocycles. The zero-order valence-electron chi connectivity index (χ0n) is 36.7. The maximum atomic E-state index is 12.8. The molecule has 0 saturated heterocycles. The monoisotopic (exact) mass is 894 g/mol. The van der Waals surface area contributed by atoms with Gasteiger partial charge in [-0.05, 0) is 70.6 Å². The summed E-state index contributed by atoms with van der Waals surface area (Å²) in [6.45, 7) is 2.92. The number of aliphatic hydroxyl groups is 6. The van der Waals surface area contributed by atoms with Crippen LogP contribution in [-0.4, -0.2) is 110 Å². The highest BCUT2D eigenvalue weighted by molar-refractivity contribution is 7.47. The quantitative estimate of drug-likeness (QED) is 0.0111. The molecule has 0 bridgehead atoms. The smallest absolute Gasteiger partial charge is 0.462 e. The lowest BCUT2D eigenvalue weighted by Gasteiger charge is -2.41. The minimum atomic E-state index is -5.15. The largest absolute Gasteiger partial charge is 0.472 e. The zero-order valence-corrected chi connectivity index (χ0v) is 37.6. The van der Waals surface area contributed by atoms with Crippen LogP contribution >= 0.6 is 7.82 Å². The van der Waals surface area contributed by atoms with Crippen LogP contribution < -0.4 is 0 Å². The van der Waals surface area contributed by atoms with Gasteiger partial charge in [-0.15, -0.1) is 0 Å². The van der Waals surface area contributed by atoms with Crippen molar-refractivity contribution < 1.29 is 68.2 Å². The Labute approximate surface area is 369 Å². The number of carbonyl (C=O) groups excluding carboxylic acids is 2. The Morgan fingerprint density at radius 2 is 1.15 bits per heavy atom. The predicted octanol–water partition coefficient (Wildman–Crippen LogP) is 7.24. The van der Waals surface area contributed by atoms with Crippen LogP contribution in [0.15, 0.2) is 97.2 Å². The molecular formula is C47H75O14P. The fraction of sp³-hybridized carbons (Fsp3) is 0.617. The summed E-state index contributed by atoms with van der Waals surface area (Å²) < 4.78 is 33.3. The lowest BCUT2D eigenvalue weighted by Crippen LogP contribution is -2.64. The van der Waals surface area contributed by atoms with E-state index in [2.05, 4.69) is 50.3 Å². The normalized spacial score (nSPS) is 23.3. The highest BCUT2D eigenvalue weighted by Gasteiger charge is 2.51. The van der Waals surface area contributed by atoms with Crippen LogP contribution in [0.3, 0.4) is 0 Å². The third-order valence-electron chi connectivity index (χ3n) is 9.48. The van der Waals surface area contributed by atoms with Gasteiger partial charge in [-0.1, -0.05) is 137 Å². The maximum Gasteiger partial charge on any atom is 0.472 e. The number of esters is 2. The van der Waals surface area contributed by atoms with E-state index in [1.54, 1.807) is 6.08 Å². The van der Waals surface area contributed by atoms with Crippen molar-refractivity contribution in [2.75, 3.05) is 13.2 Å². The van der Waals surface area contributed by atoms with Crippen molar-refractivity contribution in [2.45, 2.75) is 172 Å². The molecule has 4 unspecified atom stereocenters. The lowest BCUT2D eigenvalue weighted by atomic mass is 9.85. The van der Waals surface area contributed by atoms with Gasteiger partial charge in [0.25, 0.3) is 0 Å². The number of aliphatic hydroxyl groups excluding tert-OH is 6. The second-order valence-corrected chi connectivity index (χ2v) is 16.4. The molecule has 7 N–H and O–H groups in total. The van der Waals surface area contributed by atoms with Crippen molar-refractivity contribution in [3.63, 3.8) is 0 Å². The van der Waals surface area contributed by atoms with Gasteiger partial charge in [-0.3, -0.25) is 18.6 Å². The Morgan fingerprint density at radius 3 is 1.77 bits per heavy atom. The average molecular weight is 895 g/mol. The Hall–Kier alpha value is -3.27. The van der Waals surface area contributed by atoms with Gasteiger partial charge in [0.05, 0.1) is 12.7 Å². The number of phosphoric ester groups is 1. The minimum Gasteiger partial charge on any atom is -0.462 e. The van der Waals surface area contributed by atoms with Gasteiger partial charge < -0.3 is 45.0 Å². The SMILES string of the molecule is CC/C=C\CC(O)/C=C/C=C/C/C=C\C/C=C\C/C=C\CCC(=O)OC[C@H](COP(=O)(O)OC1[C@H](O)[C@H](O)C(O)[C@H](O)[C@H]1O)OC(=O)CCCCCCC/C=C\C/C=C\CCC. The molecule has 352 valence electrons. The van der Waals surface area contributed by atoms with Crippen LogP contribution in [0, 0.1) is 0 Å². The Balaban J connectivity index is 2.55. The summed E-state index contributed by atoms with van der Waals surface area (Å²) in [6.07, 6.45) is 30.9. The molecule has 15 heteroatoms. The number of allylic oxidation sites excluding steroid dienone is 14. The Bertz CT molecular complexity index is 1470. The number of hydrogen-bond donors (Lipinski definition) is 7. The molecule has 0 aromatic carbocycles. The molecule has 0 spiro atoms. The average Bonchev–Trinajstić information content (AvgIpc) is 3.25. The number of unbranched alkanes of at least 4 members (excludes halogenated alkanes) is 6. The molecule has 14 nitrogen and oxygen atoms in total. The highest BCUT2D eigenvalue weighted by Crippen LogP contribution is 2.47. The highest BCUT2D eigenvalue weighted by atomic mass is 31.2. The lowest BCUT2D eigenvalue weighted by molar-refractivity contribution is -0.220. The molecule has 1 fully saturated rings. The predicted molar refractivity (Wildman–Crippen MR) is 240 cm³/mol. The standard InChI is InChI=1S/C47H75O14P/c1-3-5-7-8-9-10-11-13-18-21-24-27-31-35-41(50)60-39(37-59-62(56,57)61-47-45(54)43(52)42(51)44(53)46(47)55)36-58-40(49)34-30-26-23-20-17-15-12-14-16-19-22-25-29-33-38(48)32-28-6-4-2/h6-8,10-11,14-17,22-23,25-26,28-29,33,38-39,42-48,51-55H,3-5,9,12-13,18-21,24,27,30-32,34-37H2,1-2H3,(H,56,57)/b8-7-,11-10-,16-14-,17-15-,25-22+,26-23-,28-6-,33-29+/t38?,39-,42?,43-,44+,45-,46-,47?/m1/s1. The van der Waals surface area contributed by atoms with Crippen molar-refractivity contribution in [3.05, 3.63) is 97.2 Å². The van der Waals surface area contributed by atoms with E-state index in [9.17, 15) is 49.7 Å². The zero-order chi connectivity index (χ0) is 45.9. The molecule has 1 aliphatic carbocycles. The summed E-state index contributed by atoms with van der Waals surface area (Å²) in [6, 6.07) is 0. The molecule has 0 aliphatic heterocycles. The van der Waals surface area contributed by atoms with Crippen molar-refractivity contribution in [3.8, 4) is 0 Å². The topological polar surface area (TPSA) is 230 Å². The van der Waals surface area contributed by atoms with Gasteiger partial charge in [0.15, 0.2) is 6.10 Å². The first-order valence-corrected chi connectivity index (χ1v) is 23.6. The van der Waals surface area contributed by atoms with E-state index < -0.39 is 81.8 Å². The number of carbonyl (C=O) groups is 2. The number of hydrogen-bond acceptors (Lipinski definition) is 13. The first-order valence-electron chi connectivity index (χ1n) is 22.1. The summed E-state index contributed by atoms with van der Waals surface area (Å²) in [5.74, 6) is -1.25. The van der Waals surface area contributed by atoms with Gasteiger partial charge in [-0.2, -0.15) is 0 Å². The van der Waals surface area contributed by atoms with Crippen LogP contribution in [0.4, 0.5) is 0 Å². The second kappa shape index (κ2) is 36.1. The number of ether oxygens (including phenoxy) is 2. The summed E-state index contributed by atoms with van der Waals surface area (Å²) in [4.78, 5) is 35.6. The Kier molecular flexibility index (Phi) is 33.1. The van der Waals surface area contributed by atoms with Crippen molar-refractivity contribution in [1.82, 2.24) is 0 Å². The van der Waals surface area contributed by atoms with Crippen molar-refractivity contribution in [2.24, 2.45) is 0 Å². The molecule has 1 rings (SSSR count). The van der Waals surface area contributed by atoms with Gasteiger partial charge in [-0.25, -0.2) is 4.57 Å². The molecule has 0 amide bonds. The fourth-order valence-electron chi connectivity index (χ4n) is 5.90. The first-order chi connectivity index (χ1) is 29.8. The summed E-state index contributed by atoms with van der Waals surface area (Å²) in [7, 11) is -5.15. The fourth-order valence-corrected chi connectivity index (χ4v) is 6.88. The molecule has 0 aromatic rings. The van der Waals surface area contributed by atoms with Gasteiger partial charge in [0, 0.05) is 12.8 Å². The van der Waals surface area contributed by atoms with E-state index in [-0.39, 0.29) is 12.8 Å². The van der Waals surface area contributed by atoms with Gasteiger partial charge >= 0.3 is 19.8 Å². The van der Waals surface area contributed by atoms with E-state index in [4.69, 9.17) is 18.5 Å². The van der Waals surface area contributed by atoms with Crippen LogP contribution in [0.2, 0.25) is 0 Å². The number of rotatable bonds is 34. The van der Waals surface area contributed by atoms with E-state index in [1.807, 2.05) is 54.7 Å². The second-order valence-electron chi connectivity index (χ2n) is 15.0. The van der Waals surface area contributed by atoms with Crippen LogP contribution in [0.25, 0.3) is 0 Å². The van der Waals surface area contributed by atoms with Gasteiger partial charge in [0.1, 0.15) is 43.2 Å². The molecule has 1 saturated carbocycles. The van der Waals surface area contributed by atoms with Crippen molar-refractivity contribution in [1.29, 1.82) is 0 Å². The summed E-state index contributed by atoms with van der Waals surface area (Å²) in [5, 5.41) is 59.9. The van der Waals surface area contributed by atoms with E-state index in [1.165, 1.54) is 0 Å². The maximum absolute atomic E-state index is 12.8. The van der Waals surface area contributed by atoms with Crippen LogP contribution in [0.5, 0.6) is 0 Å². The van der Waals surface area contributed by atoms with E-state index in [0.29, 0.717) is 25.7 Å².